The molecule has 4 heterocycles. The predicted molar refractivity (Wildman–Crippen MR) is 228 cm³/mol. The molecule has 60 heavy (non-hydrogen) atoms. The number of hydrogen-bond acceptors (Lipinski definition) is 6. The highest BCUT2D eigenvalue weighted by Gasteiger charge is 2.32. The molecule has 0 aliphatic heterocycles. The lowest BCUT2D eigenvalue weighted by Gasteiger charge is -2.20. The van der Waals surface area contributed by atoms with Crippen LogP contribution in [0.2, 0.25) is 0 Å². The third kappa shape index (κ3) is 6.02. The second kappa shape index (κ2) is 13.7. The lowest BCUT2D eigenvalue weighted by molar-refractivity contribution is -0.137. The zero-order chi connectivity index (χ0) is 41.4. The zero-order valence-corrected chi connectivity index (χ0v) is 32.7. The zero-order valence-electron chi connectivity index (χ0n) is 32.7. The van der Waals surface area contributed by atoms with Crippen LogP contribution in [0, 0.1) is 34.3 Å². The number of hydrogen-bond donors (Lipinski definition) is 0. The fourth-order valence-electron chi connectivity index (χ4n) is 8.36. The van der Waals surface area contributed by atoms with E-state index in [1.807, 2.05) is 122 Å². The van der Waals surface area contributed by atoms with Crippen molar-refractivity contribution in [3.63, 3.8) is 0 Å². The molecule has 0 N–H and O–H groups in total. The number of alkyl halides is 3. The van der Waals surface area contributed by atoms with Crippen LogP contribution in [-0.2, 0) is 6.18 Å². The average molecular weight is 792 g/mol. The van der Waals surface area contributed by atoms with Crippen molar-refractivity contribution in [2.45, 2.75) is 33.9 Å². The van der Waals surface area contributed by atoms with Crippen molar-refractivity contribution in [3.05, 3.63) is 162 Å². The van der Waals surface area contributed by atoms with Crippen molar-refractivity contribution >= 4 is 49.3 Å². The minimum absolute atomic E-state index is 0.338. The van der Waals surface area contributed by atoms with Gasteiger partial charge in [-0.25, -0.2) is 34.7 Å². The van der Waals surface area contributed by atoms with Crippen LogP contribution >= 0.6 is 0 Å². The van der Waals surface area contributed by atoms with Crippen LogP contribution in [-0.4, -0.2) is 39.0 Å². The molecule has 0 atom stereocenters. The fourth-order valence-corrected chi connectivity index (χ4v) is 8.36. The number of benzene rings is 6. The highest BCUT2D eigenvalue weighted by Crippen LogP contribution is 2.44. The van der Waals surface area contributed by atoms with Crippen molar-refractivity contribution in [1.29, 1.82) is 0 Å². The van der Waals surface area contributed by atoms with Crippen molar-refractivity contribution in [2.24, 2.45) is 0 Å². The summed E-state index contributed by atoms with van der Waals surface area (Å²) in [6.07, 6.45) is -4.63. The molecule has 6 aromatic carbocycles. The molecule has 4 aromatic heterocycles. The second-order valence-corrected chi connectivity index (χ2v) is 14.7. The maximum atomic E-state index is 14.8. The van der Waals surface area contributed by atoms with Gasteiger partial charge in [-0.05, 0) is 100 Å². The quantitative estimate of drug-likeness (QED) is 0.161. The normalized spacial score (nSPS) is 11.9. The predicted octanol–water partition coefficient (Wildman–Crippen LogP) is 12.1. The number of nitrogens with zero attached hydrogens (tertiary/aromatic N) is 9. The van der Waals surface area contributed by atoms with Gasteiger partial charge in [-0.3, -0.25) is 0 Å². The Bertz CT molecular complexity index is 3410. The summed E-state index contributed by atoms with van der Waals surface area (Å²) in [5.74, 6) is 3.50. The Morgan fingerprint density at radius 2 is 0.950 bits per heavy atom. The van der Waals surface area contributed by atoms with Crippen molar-refractivity contribution < 1.29 is 13.2 Å². The average Bonchev–Trinajstić information content (AvgIpc) is 3.74. The highest BCUT2D eigenvalue weighted by atomic mass is 19.4. The molecule has 12 heteroatoms. The molecule has 0 bridgehead atoms. The molecule has 0 aliphatic rings. The Balaban J connectivity index is 1.26. The topological polar surface area (TPSA) is 91.6 Å². The maximum Gasteiger partial charge on any atom is 0.416 e. The van der Waals surface area contributed by atoms with Crippen molar-refractivity contribution in [1.82, 2.24) is 39.0 Å². The van der Waals surface area contributed by atoms with Crippen molar-refractivity contribution in [2.75, 3.05) is 0 Å². The van der Waals surface area contributed by atoms with E-state index in [4.69, 9.17) is 6.57 Å². The number of para-hydroxylation sites is 2. The Morgan fingerprint density at radius 1 is 0.467 bits per heavy atom. The monoisotopic (exact) mass is 791 g/mol. The first kappa shape index (κ1) is 36.6. The van der Waals surface area contributed by atoms with Gasteiger partial charge in [0, 0.05) is 49.5 Å². The summed E-state index contributed by atoms with van der Waals surface area (Å²) in [6, 6.07) is 36.6. The molecular formula is C48H32F3N9. The largest absolute Gasteiger partial charge is 0.416 e. The van der Waals surface area contributed by atoms with Crippen LogP contribution in [0.5, 0.6) is 0 Å². The van der Waals surface area contributed by atoms with E-state index in [2.05, 4.69) is 34.7 Å². The van der Waals surface area contributed by atoms with Crippen LogP contribution < -0.4 is 0 Å². The molecule has 0 fully saturated rings. The third-order valence-corrected chi connectivity index (χ3v) is 10.8. The molecule has 10 aromatic rings. The molecule has 0 radical (unpaired) electrons. The molecule has 0 saturated carbocycles. The Morgan fingerprint density at radius 3 is 1.45 bits per heavy atom. The van der Waals surface area contributed by atoms with E-state index in [1.165, 1.54) is 6.07 Å². The number of halogens is 3. The lowest BCUT2D eigenvalue weighted by Crippen LogP contribution is -2.08. The van der Waals surface area contributed by atoms with Crippen molar-refractivity contribution in [3.8, 4) is 45.3 Å². The van der Waals surface area contributed by atoms with Crippen LogP contribution in [0.15, 0.2) is 121 Å². The first-order valence-corrected chi connectivity index (χ1v) is 19.1. The van der Waals surface area contributed by atoms with Gasteiger partial charge < -0.3 is 9.13 Å². The molecule has 0 amide bonds. The van der Waals surface area contributed by atoms with E-state index in [0.717, 1.165) is 60.8 Å². The van der Waals surface area contributed by atoms with Crippen LogP contribution in [0.25, 0.3) is 93.7 Å². The van der Waals surface area contributed by atoms with Crippen LogP contribution in [0.4, 0.5) is 18.9 Å². The minimum atomic E-state index is -4.63. The molecule has 0 saturated heterocycles. The van der Waals surface area contributed by atoms with Crippen LogP contribution in [0.1, 0.15) is 28.9 Å². The number of aromatic nitrogens is 8. The summed E-state index contributed by atoms with van der Waals surface area (Å²) < 4.78 is 48.4. The Labute approximate surface area is 341 Å². The van der Waals surface area contributed by atoms with E-state index in [1.54, 1.807) is 24.3 Å². The summed E-state index contributed by atoms with van der Waals surface area (Å²) in [7, 11) is 0. The lowest BCUT2D eigenvalue weighted by atomic mass is 9.97. The SMILES string of the molecule is [C-]#[N+]c1ccc(-c2cc(C(F)(F)F)ccc2-n2c3ccccc3c3cc(-c4nc(C)nc(C)n4)ccc32)c(-n2c3ccccc3c3cc(-c4nc(C)nc(C)n4)ccc32)c1. The molecule has 0 aliphatic carbocycles. The van der Waals surface area contributed by atoms with Gasteiger partial charge in [0.05, 0.1) is 39.9 Å². The van der Waals surface area contributed by atoms with E-state index >= 15 is 0 Å². The maximum absolute atomic E-state index is 14.8. The summed E-state index contributed by atoms with van der Waals surface area (Å²) in [6.45, 7) is 15.3. The van der Waals surface area contributed by atoms with Gasteiger partial charge in [-0.15, -0.1) is 0 Å². The highest BCUT2D eigenvalue weighted by molar-refractivity contribution is 6.12. The minimum Gasteiger partial charge on any atom is -0.310 e. The summed E-state index contributed by atoms with van der Waals surface area (Å²) >= 11 is 0. The van der Waals surface area contributed by atoms with Crippen LogP contribution in [0.3, 0.4) is 0 Å². The smallest absolute Gasteiger partial charge is 0.310 e. The van der Waals surface area contributed by atoms with Gasteiger partial charge in [-0.1, -0.05) is 48.5 Å². The van der Waals surface area contributed by atoms with Gasteiger partial charge in [0.25, 0.3) is 0 Å². The first-order valence-electron chi connectivity index (χ1n) is 19.1. The molecule has 0 unspecified atom stereocenters. The van der Waals surface area contributed by atoms with Gasteiger partial charge >= 0.3 is 6.18 Å². The standard InChI is InChI=1S/C48H32F3N9/c1-26-53-27(2)56-46(55-26)30-14-19-42-37(22-30)34-10-6-8-12-40(34)59(42)44-21-16-32(48(49,50)51)24-39(44)36-18-17-33(52-5)25-45(36)60-41-13-9-7-11-35(41)38-23-31(15-20-43(38)60)47-57-28(3)54-29(4)58-47/h6-25H,1-4H3. The van der Waals surface area contributed by atoms with E-state index < -0.39 is 11.7 Å². The van der Waals surface area contributed by atoms with E-state index in [-0.39, 0.29) is 0 Å². The van der Waals surface area contributed by atoms with Gasteiger partial charge in [-0.2, -0.15) is 13.2 Å². The summed E-state index contributed by atoms with van der Waals surface area (Å²) in [5, 5.41) is 3.61. The molecule has 9 nitrogen and oxygen atoms in total. The first-order chi connectivity index (χ1) is 28.9. The number of aryl methyl sites for hydroxylation is 4. The Kier molecular flexibility index (Phi) is 8.33. The van der Waals surface area contributed by atoms with E-state index in [9.17, 15) is 13.2 Å². The van der Waals surface area contributed by atoms with Gasteiger partial charge in [0.1, 0.15) is 23.3 Å². The Hall–Kier alpha value is -7.78. The van der Waals surface area contributed by atoms with Gasteiger partial charge in [0.2, 0.25) is 0 Å². The third-order valence-electron chi connectivity index (χ3n) is 10.8. The molecule has 10 rings (SSSR count). The van der Waals surface area contributed by atoms with Gasteiger partial charge in [0.15, 0.2) is 17.3 Å². The molecular weight excluding hydrogens is 760 g/mol. The fraction of sp³-hybridized carbons (Fsp3) is 0.104. The summed E-state index contributed by atoms with van der Waals surface area (Å²) in [5.41, 5.74) is 6.29. The summed E-state index contributed by atoms with van der Waals surface area (Å²) in [4.78, 5) is 30.8. The van der Waals surface area contributed by atoms with E-state index in [0.29, 0.717) is 63.1 Å². The molecule has 290 valence electrons. The number of fused-ring (bicyclic) bond motifs is 6. The number of rotatable bonds is 5. The molecule has 0 spiro atoms. The second-order valence-electron chi connectivity index (χ2n) is 14.7.